The van der Waals surface area contributed by atoms with Crippen LogP contribution in [0.5, 0.6) is 11.5 Å². The van der Waals surface area contributed by atoms with Gasteiger partial charge in [0.2, 0.25) is 0 Å². The summed E-state index contributed by atoms with van der Waals surface area (Å²) in [6.45, 7) is 0.699. The molecule has 0 saturated carbocycles. The highest BCUT2D eigenvalue weighted by atomic mass is 35.5. The number of ether oxygens (including phenoxy) is 2. The van der Waals surface area contributed by atoms with Crippen LogP contribution in [0.15, 0.2) is 42.5 Å². The van der Waals surface area contributed by atoms with Gasteiger partial charge in [-0.3, -0.25) is 0 Å². The largest absolute Gasteiger partial charge is 0.486 e. The zero-order valence-corrected chi connectivity index (χ0v) is 14.4. The van der Waals surface area contributed by atoms with Gasteiger partial charge in [-0.05, 0) is 24.3 Å². The number of nitrogens with zero attached hydrogens (tertiary/aromatic N) is 1. The third-order valence-corrected chi connectivity index (χ3v) is 4.21. The first kappa shape index (κ1) is 17.4. The van der Waals surface area contributed by atoms with Crippen molar-refractivity contribution in [2.45, 2.75) is 12.6 Å². The molecule has 2 aromatic rings. The Hall–Kier alpha value is -2.47. The third-order valence-electron chi connectivity index (χ3n) is 3.85. The average molecular weight is 365 g/mol. The lowest BCUT2D eigenvalue weighted by Crippen LogP contribution is -2.45. The molecule has 1 atom stereocenters. The molecule has 0 aliphatic carbocycles. The molecule has 3 rings (SSSR count). The molecule has 1 aliphatic rings. The van der Waals surface area contributed by atoms with Crippen molar-refractivity contribution < 1.29 is 18.7 Å². The van der Waals surface area contributed by atoms with Crippen molar-refractivity contribution in [3.05, 3.63) is 58.9 Å². The Kier molecular flexibility index (Phi) is 5.28. The number of carbonyl (C=O) groups is 1. The van der Waals surface area contributed by atoms with Crippen LogP contribution < -0.4 is 14.8 Å². The number of hydrogen-bond donors (Lipinski definition) is 1. The Morgan fingerprint density at radius 1 is 1.28 bits per heavy atom. The average Bonchev–Trinajstić information content (AvgIpc) is 2.62. The molecule has 0 saturated heterocycles. The summed E-state index contributed by atoms with van der Waals surface area (Å²) < 4.78 is 25.2. The van der Waals surface area contributed by atoms with Crippen LogP contribution in [0.25, 0.3) is 0 Å². The van der Waals surface area contributed by atoms with Gasteiger partial charge in [0.15, 0.2) is 17.6 Å². The first-order valence-corrected chi connectivity index (χ1v) is 8.22. The summed E-state index contributed by atoms with van der Waals surface area (Å²) >= 11 is 5.99. The number of rotatable bonds is 4. The van der Waals surface area contributed by atoms with Crippen molar-refractivity contribution in [2.24, 2.45) is 0 Å². The SMILES string of the molecule is CN(Cc1c(F)cccc1Cl)C(=O)NC[C@@H]1COc2ccccc2O1. The van der Waals surface area contributed by atoms with E-state index in [0.29, 0.717) is 23.1 Å². The second-order valence-electron chi connectivity index (χ2n) is 5.74. The van der Waals surface area contributed by atoms with Gasteiger partial charge in [-0.25, -0.2) is 9.18 Å². The van der Waals surface area contributed by atoms with Crippen LogP contribution in [0, 0.1) is 5.82 Å². The molecule has 1 heterocycles. The van der Waals surface area contributed by atoms with Gasteiger partial charge in [0.05, 0.1) is 13.1 Å². The van der Waals surface area contributed by atoms with Crippen LogP contribution in [-0.2, 0) is 6.54 Å². The lowest BCUT2D eigenvalue weighted by Gasteiger charge is -2.27. The molecular formula is C18H18ClFN2O3. The quantitative estimate of drug-likeness (QED) is 0.903. The molecule has 2 aromatic carbocycles. The van der Waals surface area contributed by atoms with Crippen molar-refractivity contribution in [1.82, 2.24) is 10.2 Å². The molecule has 7 heteroatoms. The van der Waals surface area contributed by atoms with Gasteiger partial charge in [0, 0.05) is 17.6 Å². The molecule has 1 N–H and O–H groups in total. The van der Waals surface area contributed by atoms with Crippen LogP contribution in [0.1, 0.15) is 5.56 Å². The van der Waals surface area contributed by atoms with E-state index in [4.69, 9.17) is 21.1 Å². The standard InChI is InChI=1S/C18H18ClFN2O3/c1-22(10-13-14(19)5-4-6-15(13)20)18(23)21-9-12-11-24-16-7-2-3-8-17(16)25-12/h2-8,12H,9-11H2,1H3,(H,21,23)/t12-/m1/s1. The highest BCUT2D eigenvalue weighted by Gasteiger charge is 2.22. The maximum Gasteiger partial charge on any atom is 0.317 e. The molecular weight excluding hydrogens is 347 g/mol. The second-order valence-corrected chi connectivity index (χ2v) is 6.15. The van der Waals surface area contributed by atoms with Gasteiger partial charge in [0.25, 0.3) is 0 Å². The summed E-state index contributed by atoms with van der Waals surface area (Å²) in [4.78, 5) is 13.6. The van der Waals surface area contributed by atoms with E-state index in [1.165, 1.54) is 17.0 Å². The van der Waals surface area contributed by atoms with Crippen LogP contribution in [-0.4, -0.2) is 37.2 Å². The fraction of sp³-hybridized carbons (Fsp3) is 0.278. The van der Waals surface area contributed by atoms with Crippen molar-refractivity contribution in [3.8, 4) is 11.5 Å². The van der Waals surface area contributed by atoms with Crippen molar-refractivity contribution in [3.63, 3.8) is 0 Å². The number of carbonyl (C=O) groups excluding carboxylic acids is 1. The minimum atomic E-state index is -0.437. The Labute approximate surface area is 150 Å². The first-order chi connectivity index (χ1) is 12.0. The molecule has 5 nitrogen and oxygen atoms in total. The number of hydrogen-bond acceptors (Lipinski definition) is 3. The van der Waals surface area contributed by atoms with Gasteiger partial charge < -0.3 is 19.7 Å². The summed E-state index contributed by atoms with van der Waals surface area (Å²) in [5, 5.41) is 3.05. The smallest absolute Gasteiger partial charge is 0.317 e. The van der Waals surface area contributed by atoms with Crippen LogP contribution >= 0.6 is 11.6 Å². The van der Waals surface area contributed by atoms with E-state index in [1.807, 2.05) is 24.3 Å². The highest BCUT2D eigenvalue weighted by Crippen LogP contribution is 2.30. The van der Waals surface area contributed by atoms with Gasteiger partial charge >= 0.3 is 6.03 Å². The van der Waals surface area contributed by atoms with Gasteiger partial charge in [-0.1, -0.05) is 29.8 Å². The monoisotopic (exact) mass is 364 g/mol. The van der Waals surface area contributed by atoms with Gasteiger partial charge in [-0.15, -0.1) is 0 Å². The summed E-state index contributed by atoms with van der Waals surface area (Å²) in [5.41, 5.74) is 0.285. The summed E-state index contributed by atoms with van der Waals surface area (Å²) in [6.07, 6.45) is -0.288. The van der Waals surface area contributed by atoms with E-state index in [1.54, 1.807) is 13.1 Å². The van der Waals surface area contributed by atoms with E-state index in [9.17, 15) is 9.18 Å². The van der Waals surface area contributed by atoms with Crippen molar-refractivity contribution in [1.29, 1.82) is 0 Å². The van der Waals surface area contributed by atoms with Crippen LogP contribution in [0.3, 0.4) is 0 Å². The van der Waals surface area contributed by atoms with E-state index in [-0.39, 0.29) is 30.8 Å². The van der Waals surface area contributed by atoms with E-state index < -0.39 is 5.82 Å². The van der Waals surface area contributed by atoms with Gasteiger partial charge in [0.1, 0.15) is 12.4 Å². The predicted molar refractivity (Wildman–Crippen MR) is 92.6 cm³/mol. The number of benzene rings is 2. The maximum absolute atomic E-state index is 13.8. The molecule has 0 bridgehead atoms. The topological polar surface area (TPSA) is 50.8 Å². The fourth-order valence-corrected chi connectivity index (χ4v) is 2.71. The van der Waals surface area contributed by atoms with Crippen molar-refractivity contribution >= 4 is 17.6 Å². The summed E-state index contributed by atoms with van der Waals surface area (Å²) in [7, 11) is 1.58. The number of halogens is 2. The summed E-state index contributed by atoms with van der Waals surface area (Å²) in [5.74, 6) is 0.906. The van der Waals surface area contributed by atoms with Gasteiger partial charge in [-0.2, -0.15) is 0 Å². The number of nitrogens with one attached hydrogen (secondary N) is 1. The molecule has 0 spiro atoms. The molecule has 132 valence electrons. The number of para-hydroxylation sites is 2. The van der Waals surface area contributed by atoms with E-state index >= 15 is 0 Å². The Balaban J connectivity index is 1.53. The predicted octanol–water partition coefficient (Wildman–Crippen LogP) is 3.46. The first-order valence-electron chi connectivity index (χ1n) is 7.85. The molecule has 0 radical (unpaired) electrons. The molecule has 0 fully saturated rings. The molecule has 2 amide bonds. The molecule has 1 aliphatic heterocycles. The minimum Gasteiger partial charge on any atom is -0.486 e. The van der Waals surface area contributed by atoms with E-state index in [0.717, 1.165) is 0 Å². The number of fused-ring (bicyclic) bond motifs is 1. The lowest BCUT2D eigenvalue weighted by molar-refractivity contribution is 0.0904. The normalized spacial score (nSPS) is 15.6. The summed E-state index contributed by atoms with van der Waals surface area (Å²) in [6, 6.07) is 11.5. The third kappa shape index (κ3) is 4.14. The molecule has 0 unspecified atom stereocenters. The van der Waals surface area contributed by atoms with Crippen molar-refractivity contribution in [2.75, 3.05) is 20.2 Å². The highest BCUT2D eigenvalue weighted by molar-refractivity contribution is 6.31. The lowest BCUT2D eigenvalue weighted by atomic mass is 10.2. The zero-order chi connectivity index (χ0) is 17.8. The number of amides is 2. The van der Waals surface area contributed by atoms with Crippen LogP contribution in [0.4, 0.5) is 9.18 Å². The Bertz CT molecular complexity index is 751. The molecule has 25 heavy (non-hydrogen) atoms. The maximum atomic E-state index is 13.8. The minimum absolute atomic E-state index is 0.0716. The van der Waals surface area contributed by atoms with Crippen LogP contribution in [0.2, 0.25) is 5.02 Å². The fourth-order valence-electron chi connectivity index (χ4n) is 2.49. The number of urea groups is 1. The molecule has 0 aromatic heterocycles. The zero-order valence-electron chi connectivity index (χ0n) is 13.7. The Morgan fingerprint density at radius 3 is 2.80 bits per heavy atom. The van der Waals surface area contributed by atoms with E-state index in [2.05, 4.69) is 5.32 Å². The Morgan fingerprint density at radius 2 is 2.04 bits per heavy atom. The second kappa shape index (κ2) is 7.61.